The molecular weight excluding hydrogens is 276 g/mol. The maximum Gasteiger partial charge on any atom is 0.146 e. The van der Waals surface area contributed by atoms with E-state index in [-0.39, 0.29) is 0 Å². The van der Waals surface area contributed by atoms with Gasteiger partial charge in [0.15, 0.2) is 0 Å². The Morgan fingerprint density at radius 3 is 2.82 bits per heavy atom. The minimum absolute atomic E-state index is 0.719. The Bertz CT molecular complexity index is 269. The monoisotopic (exact) mass is 283 g/mol. The van der Waals surface area contributed by atoms with E-state index >= 15 is 0 Å². The molecule has 2 nitrogen and oxygen atoms in total. The minimum atomic E-state index is -0.913. The van der Waals surface area contributed by atoms with Crippen molar-refractivity contribution in [2.24, 2.45) is 0 Å². The molecule has 11 heavy (non-hydrogen) atoms. The highest BCUT2D eigenvalue weighted by atomic mass is 127. The van der Waals surface area contributed by atoms with Crippen molar-refractivity contribution in [3.05, 3.63) is 21.5 Å². The van der Waals surface area contributed by atoms with Crippen LogP contribution in [0, 0.1) is 3.57 Å². The fourth-order valence-corrected chi connectivity index (χ4v) is 1.29. The molecule has 0 aromatic carbocycles. The summed E-state index contributed by atoms with van der Waals surface area (Å²) in [6.45, 7) is 1.66. The maximum absolute atomic E-state index is 10.5. The van der Waals surface area contributed by atoms with Crippen molar-refractivity contribution in [3.63, 3.8) is 0 Å². The van der Waals surface area contributed by atoms with Gasteiger partial charge < -0.3 is 9.78 Å². The van der Waals surface area contributed by atoms with Crippen LogP contribution in [-0.2, 0) is 9.67 Å². The number of H-pyrrole nitrogens is 1. The van der Waals surface area contributed by atoms with Crippen molar-refractivity contribution < 1.29 is 4.79 Å². The third kappa shape index (κ3) is 1.96. The Balaban J connectivity index is 3.01. The molecule has 1 rings (SSSR count). The quantitative estimate of drug-likeness (QED) is 0.504. The first kappa shape index (κ1) is 9.06. The highest BCUT2D eigenvalue weighted by molar-refractivity contribution is 14.1. The fraction of sp³-hybridized carbons (Fsp3) is 0.286. The summed E-state index contributed by atoms with van der Waals surface area (Å²) in [5.41, 5.74) is 0.735. The van der Waals surface area contributed by atoms with E-state index in [1.54, 1.807) is 13.1 Å². The molecule has 0 saturated carbocycles. The second kappa shape index (κ2) is 3.15. The van der Waals surface area contributed by atoms with Gasteiger partial charge in [-0.05, 0) is 35.6 Å². The van der Waals surface area contributed by atoms with Crippen LogP contribution in [0.5, 0.6) is 0 Å². The molecule has 0 aliphatic heterocycles. The number of nitrogens with one attached hydrogen (secondary N) is 1. The number of hydrogen-bond acceptors (Lipinski definition) is 1. The van der Waals surface area contributed by atoms with Crippen molar-refractivity contribution in [1.29, 1.82) is 0 Å². The number of alkyl halides is 1. The molecule has 0 aliphatic rings. The zero-order chi connectivity index (χ0) is 8.48. The SMILES string of the molecule is CC(Cl)(C=O)c1cc(I)c[nH]1. The van der Waals surface area contributed by atoms with E-state index in [1.165, 1.54) is 0 Å². The molecule has 0 fully saturated rings. The number of rotatable bonds is 2. The molecule has 1 heterocycles. The Morgan fingerprint density at radius 1 is 1.82 bits per heavy atom. The zero-order valence-electron chi connectivity index (χ0n) is 5.90. The summed E-state index contributed by atoms with van der Waals surface area (Å²) < 4.78 is 1.05. The largest absolute Gasteiger partial charge is 0.362 e. The number of halogens is 2. The normalized spacial score (nSPS) is 15.9. The molecule has 0 bridgehead atoms. The van der Waals surface area contributed by atoms with E-state index in [9.17, 15) is 4.79 Å². The second-order valence-electron chi connectivity index (χ2n) is 2.43. The number of carbonyl (C=O) groups is 1. The van der Waals surface area contributed by atoms with E-state index in [2.05, 4.69) is 27.6 Å². The lowest BCUT2D eigenvalue weighted by molar-refractivity contribution is -0.109. The molecule has 0 spiro atoms. The molecule has 4 heteroatoms. The predicted molar refractivity (Wildman–Crippen MR) is 52.8 cm³/mol. The molecule has 0 amide bonds. The van der Waals surface area contributed by atoms with Crippen LogP contribution in [0.15, 0.2) is 12.3 Å². The third-order valence-electron chi connectivity index (χ3n) is 1.40. The molecule has 0 radical (unpaired) electrons. The van der Waals surface area contributed by atoms with Gasteiger partial charge in [-0.2, -0.15) is 0 Å². The lowest BCUT2D eigenvalue weighted by Crippen LogP contribution is -2.15. The van der Waals surface area contributed by atoms with Gasteiger partial charge in [0.2, 0.25) is 0 Å². The Labute approximate surface area is 83.5 Å². The van der Waals surface area contributed by atoms with Gasteiger partial charge in [-0.3, -0.25) is 0 Å². The summed E-state index contributed by atoms with van der Waals surface area (Å²) in [5, 5.41) is 0. The molecule has 0 saturated heterocycles. The topological polar surface area (TPSA) is 32.9 Å². The summed E-state index contributed by atoms with van der Waals surface area (Å²) in [4.78, 5) is 12.5. The summed E-state index contributed by atoms with van der Waals surface area (Å²) in [6.07, 6.45) is 2.52. The molecule has 60 valence electrons. The molecule has 0 aliphatic carbocycles. The summed E-state index contributed by atoms with van der Waals surface area (Å²) in [7, 11) is 0. The molecule has 1 unspecified atom stereocenters. The smallest absolute Gasteiger partial charge is 0.146 e. The Morgan fingerprint density at radius 2 is 2.45 bits per heavy atom. The molecule has 1 aromatic rings. The lowest BCUT2D eigenvalue weighted by Gasteiger charge is -2.10. The van der Waals surface area contributed by atoms with E-state index in [1.807, 2.05) is 6.07 Å². The van der Waals surface area contributed by atoms with Gasteiger partial charge in [0.05, 0.1) is 0 Å². The minimum Gasteiger partial charge on any atom is -0.362 e. The van der Waals surface area contributed by atoms with E-state index in [4.69, 9.17) is 11.6 Å². The zero-order valence-corrected chi connectivity index (χ0v) is 8.81. The average molecular weight is 283 g/mol. The van der Waals surface area contributed by atoms with Gasteiger partial charge >= 0.3 is 0 Å². The number of hydrogen-bond donors (Lipinski definition) is 1. The van der Waals surface area contributed by atoms with Crippen LogP contribution in [0.4, 0.5) is 0 Å². The first-order valence-corrected chi connectivity index (χ1v) is 4.51. The molecule has 1 N–H and O–H groups in total. The average Bonchev–Trinajstić information content (AvgIpc) is 2.36. The van der Waals surface area contributed by atoms with Gasteiger partial charge in [-0.25, -0.2) is 0 Å². The van der Waals surface area contributed by atoms with Crippen LogP contribution < -0.4 is 0 Å². The van der Waals surface area contributed by atoms with Crippen LogP contribution >= 0.6 is 34.2 Å². The fourth-order valence-electron chi connectivity index (χ4n) is 0.714. The van der Waals surface area contributed by atoms with E-state index in [0.717, 1.165) is 15.6 Å². The van der Waals surface area contributed by atoms with Gasteiger partial charge in [0.1, 0.15) is 11.2 Å². The van der Waals surface area contributed by atoms with Crippen molar-refractivity contribution in [3.8, 4) is 0 Å². The van der Waals surface area contributed by atoms with Crippen molar-refractivity contribution in [2.75, 3.05) is 0 Å². The summed E-state index contributed by atoms with van der Waals surface area (Å²) in [6, 6.07) is 1.85. The third-order valence-corrected chi connectivity index (χ3v) is 2.31. The summed E-state index contributed by atoms with van der Waals surface area (Å²) in [5.74, 6) is 0. The van der Waals surface area contributed by atoms with Gasteiger partial charge in [0.25, 0.3) is 0 Å². The van der Waals surface area contributed by atoms with Crippen LogP contribution in [0.1, 0.15) is 12.6 Å². The van der Waals surface area contributed by atoms with Crippen LogP contribution in [0.3, 0.4) is 0 Å². The highest BCUT2D eigenvalue weighted by Crippen LogP contribution is 2.25. The van der Waals surface area contributed by atoms with Gasteiger partial charge in [-0.1, -0.05) is 0 Å². The number of aldehydes is 1. The Kier molecular flexibility index (Phi) is 2.59. The van der Waals surface area contributed by atoms with Crippen molar-refractivity contribution in [1.82, 2.24) is 4.98 Å². The number of aromatic nitrogens is 1. The Hall–Kier alpha value is -0.0300. The molecule has 1 atom stereocenters. The maximum atomic E-state index is 10.5. The highest BCUT2D eigenvalue weighted by Gasteiger charge is 2.23. The number of aromatic amines is 1. The van der Waals surface area contributed by atoms with Gasteiger partial charge in [0, 0.05) is 15.5 Å². The van der Waals surface area contributed by atoms with E-state index in [0.29, 0.717) is 0 Å². The van der Waals surface area contributed by atoms with Crippen molar-refractivity contribution in [2.45, 2.75) is 11.8 Å². The standard InChI is InChI=1S/C7H7ClINO/c1-7(8,4-11)6-2-5(9)3-10-6/h2-4,10H,1H3. The van der Waals surface area contributed by atoms with Crippen LogP contribution in [0.2, 0.25) is 0 Å². The first-order valence-electron chi connectivity index (χ1n) is 3.06. The van der Waals surface area contributed by atoms with Crippen LogP contribution in [-0.4, -0.2) is 11.3 Å². The van der Waals surface area contributed by atoms with Crippen molar-refractivity contribution >= 4 is 40.5 Å². The second-order valence-corrected chi connectivity index (χ2v) is 4.46. The van der Waals surface area contributed by atoms with Crippen LogP contribution in [0.25, 0.3) is 0 Å². The summed E-state index contributed by atoms with van der Waals surface area (Å²) >= 11 is 8.01. The molecular formula is C7H7ClINO. The first-order chi connectivity index (χ1) is 5.06. The number of carbonyl (C=O) groups excluding carboxylic acids is 1. The molecule has 1 aromatic heterocycles. The van der Waals surface area contributed by atoms with E-state index < -0.39 is 4.87 Å². The predicted octanol–water partition coefficient (Wildman–Crippen LogP) is 2.27. The van der Waals surface area contributed by atoms with Gasteiger partial charge in [-0.15, -0.1) is 11.6 Å². The lowest BCUT2D eigenvalue weighted by atomic mass is 10.1.